The van der Waals surface area contributed by atoms with Crippen LogP contribution in [0.3, 0.4) is 0 Å². The lowest BCUT2D eigenvalue weighted by molar-refractivity contribution is -0.139. The molecule has 2 aromatic carbocycles. The fraction of sp³-hybridized carbons (Fsp3) is 0.417. The quantitative estimate of drug-likeness (QED) is 0.115. The maximum atomic E-state index is 13.8. The van der Waals surface area contributed by atoms with Crippen molar-refractivity contribution in [3.8, 4) is 22.1 Å². The van der Waals surface area contributed by atoms with Crippen molar-refractivity contribution in [1.82, 2.24) is 10.2 Å². The van der Waals surface area contributed by atoms with Gasteiger partial charge in [0.25, 0.3) is 0 Å². The van der Waals surface area contributed by atoms with Crippen molar-refractivity contribution in [3.05, 3.63) is 58.6 Å². The summed E-state index contributed by atoms with van der Waals surface area (Å²) in [5, 5.41) is 7.85. The van der Waals surface area contributed by atoms with Gasteiger partial charge in [0.05, 0.1) is 36.5 Å². The van der Waals surface area contributed by atoms with Gasteiger partial charge < -0.3 is 25.0 Å². The highest BCUT2D eigenvalue weighted by Crippen LogP contribution is 2.41. The number of nitrogens with zero attached hydrogens (tertiary/aromatic N) is 2. The van der Waals surface area contributed by atoms with Gasteiger partial charge in [0.2, 0.25) is 0 Å². The van der Waals surface area contributed by atoms with E-state index in [2.05, 4.69) is 14.7 Å². The zero-order chi connectivity index (χ0) is 30.5. The highest BCUT2D eigenvalue weighted by molar-refractivity contribution is 7.46. The molecule has 226 valence electrons. The van der Waals surface area contributed by atoms with Crippen molar-refractivity contribution < 1.29 is 54.7 Å². The predicted octanol–water partition coefficient (Wildman–Crippen LogP) is 6.15. The smallest absolute Gasteiger partial charge is 0.469 e. The molecule has 0 bridgehead atoms. The maximum Gasteiger partial charge on any atom is 0.469 e. The molecule has 41 heavy (non-hydrogen) atoms. The first kappa shape index (κ1) is 32.8. The van der Waals surface area contributed by atoms with Crippen molar-refractivity contribution in [2.24, 2.45) is 5.73 Å². The number of phosphoric ester groups is 1. The highest BCUT2D eigenvalue weighted by atomic mass is 32.1. The largest absolute Gasteiger partial charge is 0.493 e. The number of aromatic nitrogens is 2. The fourth-order valence-electron chi connectivity index (χ4n) is 3.43. The number of hydrogen-bond donors (Lipinski definition) is 3. The van der Waals surface area contributed by atoms with Crippen molar-refractivity contribution in [3.63, 3.8) is 0 Å². The molecule has 0 unspecified atom stereocenters. The Labute approximate surface area is 234 Å². The molecule has 0 aliphatic heterocycles. The van der Waals surface area contributed by atoms with Crippen LogP contribution in [0.1, 0.15) is 42.3 Å². The molecule has 3 rings (SSSR count). The average Bonchev–Trinajstić information content (AvgIpc) is 3.37. The molecule has 0 amide bonds. The van der Waals surface area contributed by atoms with Gasteiger partial charge in [-0.25, -0.2) is 4.57 Å². The van der Waals surface area contributed by atoms with E-state index in [0.29, 0.717) is 19.3 Å². The molecule has 0 aliphatic carbocycles. The maximum absolute atomic E-state index is 13.8. The summed E-state index contributed by atoms with van der Waals surface area (Å²) in [7, 11) is -4.81. The number of hydrogen-bond acceptors (Lipinski definition) is 8. The Morgan fingerprint density at radius 3 is 2.05 bits per heavy atom. The van der Waals surface area contributed by atoms with Crippen LogP contribution in [0.2, 0.25) is 0 Å². The Hall–Kier alpha value is -2.75. The molecule has 0 saturated heterocycles. The summed E-state index contributed by atoms with van der Waals surface area (Å²) in [6.45, 7) is 0.681. The van der Waals surface area contributed by atoms with Gasteiger partial charge in [-0.1, -0.05) is 23.5 Å². The second-order valence-electron chi connectivity index (χ2n) is 9.05. The normalized spacial score (nSPS) is 14.1. The average molecular weight is 630 g/mol. The van der Waals surface area contributed by atoms with E-state index in [-0.39, 0.29) is 34.5 Å². The van der Waals surface area contributed by atoms with E-state index in [1.165, 1.54) is 31.2 Å². The summed E-state index contributed by atoms with van der Waals surface area (Å²) in [4.78, 5) is 17.8. The molecule has 0 saturated carbocycles. The molecule has 9 nitrogen and oxygen atoms in total. The van der Waals surface area contributed by atoms with E-state index in [1.807, 2.05) is 0 Å². The Bertz CT molecular complexity index is 1360. The van der Waals surface area contributed by atoms with Crippen LogP contribution in [-0.2, 0) is 27.0 Å². The lowest BCUT2D eigenvalue weighted by Gasteiger charge is -2.21. The van der Waals surface area contributed by atoms with Crippen molar-refractivity contribution >= 4 is 19.2 Å². The van der Waals surface area contributed by atoms with Gasteiger partial charge in [0.1, 0.15) is 21.5 Å². The van der Waals surface area contributed by atoms with E-state index in [0.717, 1.165) is 29.5 Å². The van der Waals surface area contributed by atoms with Gasteiger partial charge in [-0.2, -0.15) is 26.3 Å². The molecular formula is C24H26F6N3O6PS. The van der Waals surface area contributed by atoms with E-state index >= 15 is 0 Å². The van der Waals surface area contributed by atoms with E-state index in [1.54, 1.807) is 0 Å². The molecule has 3 aromatic rings. The summed E-state index contributed by atoms with van der Waals surface area (Å²) in [6.07, 6.45) is -8.19. The molecular weight excluding hydrogens is 603 g/mol. The third kappa shape index (κ3) is 9.65. The summed E-state index contributed by atoms with van der Waals surface area (Å²) in [5.41, 5.74) is 2.65. The van der Waals surface area contributed by atoms with Crippen LogP contribution >= 0.6 is 19.2 Å². The molecule has 0 spiro atoms. The number of nitrogens with two attached hydrogens (primary N) is 1. The first-order chi connectivity index (χ1) is 19.0. The summed E-state index contributed by atoms with van der Waals surface area (Å²) in [6, 6.07) is 8.13. The molecule has 0 aliphatic rings. The monoisotopic (exact) mass is 629 g/mol. The van der Waals surface area contributed by atoms with E-state index in [9.17, 15) is 30.9 Å². The SMILES string of the molecule is C[C@](N)(COP(=O)(O)O)c1nnc(-c2ccc(OCCCCCOc3ccccc3C(F)(F)F)c(C(F)(F)F)c2)s1. The minimum absolute atomic E-state index is 0.00723. The Morgan fingerprint density at radius 1 is 0.878 bits per heavy atom. The van der Waals surface area contributed by atoms with Crippen LogP contribution in [0.15, 0.2) is 42.5 Å². The number of benzene rings is 2. The number of para-hydroxylation sites is 1. The zero-order valence-electron chi connectivity index (χ0n) is 21.4. The summed E-state index contributed by atoms with van der Waals surface area (Å²) < 4.78 is 106. The Morgan fingerprint density at radius 2 is 1.46 bits per heavy atom. The molecule has 17 heteroatoms. The van der Waals surface area contributed by atoms with Crippen molar-refractivity contribution in [2.75, 3.05) is 19.8 Å². The minimum Gasteiger partial charge on any atom is -0.493 e. The summed E-state index contributed by atoms with van der Waals surface area (Å²) >= 11 is 0.836. The Kier molecular flexibility index (Phi) is 10.4. The number of phosphoric acid groups is 1. The first-order valence-electron chi connectivity index (χ1n) is 11.9. The van der Waals surface area contributed by atoms with Crippen LogP contribution in [0.5, 0.6) is 11.5 Å². The lowest BCUT2D eigenvalue weighted by atomic mass is 10.1. The lowest BCUT2D eigenvalue weighted by Crippen LogP contribution is -2.37. The molecule has 1 atom stereocenters. The van der Waals surface area contributed by atoms with Gasteiger partial charge in [0.15, 0.2) is 0 Å². The van der Waals surface area contributed by atoms with Crippen LogP contribution in [0.4, 0.5) is 26.3 Å². The molecule has 4 N–H and O–H groups in total. The second kappa shape index (κ2) is 13.0. The van der Waals surface area contributed by atoms with Gasteiger partial charge in [0, 0.05) is 5.56 Å². The minimum atomic E-state index is -4.81. The van der Waals surface area contributed by atoms with Crippen LogP contribution in [0, 0.1) is 0 Å². The number of unbranched alkanes of at least 4 members (excludes halogenated alkanes) is 2. The van der Waals surface area contributed by atoms with E-state index in [4.69, 9.17) is 25.0 Å². The van der Waals surface area contributed by atoms with Crippen molar-refractivity contribution in [1.29, 1.82) is 0 Å². The zero-order valence-corrected chi connectivity index (χ0v) is 23.1. The molecule has 1 heterocycles. The number of halogens is 6. The van der Waals surface area contributed by atoms with Gasteiger partial charge in [-0.3, -0.25) is 4.52 Å². The third-order valence-electron chi connectivity index (χ3n) is 5.47. The molecule has 1 aromatic heterocycles. The van der Waals surface area contributed by atoms with Gasteiger partial charge in [-0.15, -0.1) is 10.2 Å². The van der Waals surface area contributed by atoms with E-state index < -0.39 is 49.2 Å². The van der Waals surface area contributed by atoms with Gasteiger partial charge in [-0.05, 0) is 56.5 Å². The molecule has 0 radical (unpaired) electrons. The fourth-order valence-corrected chi connectivity index (χ4v) is 4.75. The summed E-state index contributed by atoms with van der Waals surface area (Å²) in [5.74, 6) is -0.709. The van der Waals surface area contributed by atoms with Crippen LogP contribution in [0.25, 0.3) is 10.6 Å². The highest BCUT2D eigenvalue weighted by Gasteiger charge is 2.36. The van der Waals surface area contributed by atoms with Crippen LogP contribution < -0.4 is 15.2 Å². The third-order valence-corrected chi connectivity index (χ3v) is 7.19. The molecule has 0 fully saturated rings. The van der Waals surface area contributed by atoms with Crippen LogP contribution in [-0.4, -0.2) is 39.8 Å². The standard InChI is InChI=1S/C24H26F6N3O6PS/c1-22(31,14-39-40(34,35)36)21-33-32-20(41-21)15-9-10-19(17(13-15)24(28,29)30)38-12-6-2-5-11-37-18-8-4-3-7-16(18)23(25,26)27/h3-4,7-10,13H,2,5-6,11-12,14,31H2,1H3,(H2,34,35,36)/t22-/m0/s1. The second-order valence-corrected chi connectivity index (χ2v) is 11.3. The number of ether oxygens (including phenoxy) is 2. The number of alkyl halides is 6. The number of rotatable bonds is 13. The Balaban J connectivity index is 1.58. The van der Waals surface area contributed by atoms with Gasteiger partial charge >= 0.3 is 20.2 Å². The van der Waals surface area contributed by atoms with Crippen molar-refractivity contribution in [2.45, 2.75) is 44.1 Å². The predicted molar refractivity (Wildman–Crippen MR) is 136 cm³/mol. The topological polar surface area (TPSA) is 137 Å². The first-order valence-corrected chi connectivity index (χ1v) is 14.3.